The van der Waals surface area contributed by atoms with E-state index < -0.39 is 0 Å². The number of hydrogen-bond acceptors (Lipinski definition) is 2. The van der Waals surface area contributed by atoms with Gasteiger partial charge in [-0.2, -0.15) is 0 Å². The lowest BCUT2D eigenvalue weighted by molar-refractivity contribution is -0.0625. The van der Waals surface area contributed by atoms with Crippen LogP contribution in [0, 0.1) is 23.2 Å². The van der Waals surface area contributed by atoms with Crippen molar-refractivity contribution in [1.82, 2.24) is 10.2 Å². The molecule has 1 unspecified atom stereocenters. The highest BCUT2D eigenvalue weighted by atomic mass is 15.1. The van der Waals surface area contributed by atoms with Crippen LogP contribution in [0.2, 0.25) is 0 Å². The number of rotatable bonds is 2. The zero-order chi connectivity index (χ0) is 12.9. The molecule has 0 aromatic heterocycles. The predicted octanol–water partition coefficient (Wildman–Crippen LogP) is 2.89. The molecule has 5 rings (SSSR count). The van der Waals surface area contributed by atoms with Crippen molar-refractivity contribution in [2.45, 2.75) is 57.4 Å². The highest BCUT2D eigenvalue weighted by Gasteiger charge is 2.51. The summed E-state index contributed by atoms with van der Waals surface area (Å²) in [7, 11) is 2.31. The van der Waals surface area contributed by atoms with Gasteiger partial charge in [-0.3, -0.25) is 0 Å². The summed E-state index contributed by atoms with van der Waals surface area (Å²) < 4.78 is 0. The summed E-state index contributed by atoms with van der Waals surface area (Å²) in [6, 6.07) is 0.767. The minimum Gasteiger partial charge on any atom is -0.313 e. The van der Waals surface area contributed by atoms with E-state index >= 15 is 0 Å². The van der Waals surface area contributed by atoms with Crippen molar-refractivity contribution in [1.29, 1.82) is 0 Å². The quantitative estimate of drug-likeness (QED) is 0.823. The van der Waals surface area contributed by atoms with E-state index in [1.807, 2.05) is 0 Å². The third kappa shape index (κ3) is 2.47. The average Bonchev–Trinajstić information content (AvgIpc) is 2.51. The molecule has 19 heavy (non-hydrogen) atoms. The molecule has 1 saturated heterocycles. The Labute approximate surface area is 118 Å². The lowest BCUT2D eigenvalue weighted by Crippen LogP contribution is -2.50. The molecule has 0 amide bonds. The van der Waals surface area contributed by atoms with Gasteiger partial charge in [-0.15, -0.1) is 0 Å². The zero-order valence-electron chi connectivity index (χ0n) is 12.5. The molecule has 4 saturated carbocycles. The Morgan fingerprint density at radius 1 is 1.05 bits per heavy atom. The molecule has 1 heterocycles. The number of nitrogens with one attached hydrogen (secondary N) is 1. The van der Waals surface area contributed by atoms with Gasteiger partial charge in [0, 0.05) is 12.6 Å². The Morgan fingerprint density at radius 3 is 2.32 bits per heavy atom. The van der Waals surface area contributed by atoms with Gasteiger partial charge in [0.15, 0.2) is 0 Å². The van der Waals surface area contributed by atoms with Gasteiger partial charge in [-0.25, -0.2) is 0 Å². The molecule has 2 heteroatoms. The normalized spacial score (nSPS) is 50.4. The molecule has 1 N–H and O–H groups in total. The Balaban J connectivity index is 1.46. The third-order valence-electron chi connectivity index (χ3n) is 6.53. The summed E-state index contributed by atoms with van der Waals surface area (Å²) in [6.45, 7) is 3.80. The average molecular weight is 262 g/mol. The fraction of sp³-hybridized carbons (Fsp3) is 1.00. The van der Waals surface area contributed by atoms with E-state index in [-0.39, 0.29) is 0 Å². The van der Waals surface area contributed by atoms with Crippen molar-refractivity contribution >= 4 is 0 Å². The maximum Gasteiger partial charge on any atom is 0.0200 e. The minimum absolute atomic E-state index is 0.748. The standard InChI is InChI=1S/C17H30N2/c1-19-4-2-3-18-16(12-19)11-17-8-13-5-14(9-17)7-15(6-13)10-17/h13-16,18H,2-12H2,1H3. The van der Waals surface area contributed by atoms with Gasteiger partial charge in [0.05, 0.1) is 0 Å². The Morgan fingerprint density at radius 2 is 1.68 bits per heavy atom. The largest absolute Gasteiger partial charge is 0.313 e. The summed E-state index contributed by atoms with van der Waals surface area (Å²) in [5, 5.41) is 3.85. The second-order valence-corrected chi connectivity index (χ2v) is 8.39. The van der Waals surface area contributed by atoms with Crippen LogP contribution in [0.5, 0.6) is 0 Å². The van der Waals surface area contributed by atoms with Crippen molar-refractivity contribution in [3.8, 4) is 0 Å². The lowest BCUT2D eigenvalue weighted by Gasteiger charge is -2.57. The van der Waals surface area contributed by atoms with Gasteiger partial charge in [-0.05, 0) is 94.7 Å². The monoisotopic (exact) mass is 262 g/mol. The van der Waals surface area contributed by atoms with Crippen LogP contribution < -0.4 is 5.32 Å². The molecule has 4 aliphatic carbocycles. The van der Waals surface area contributed by atoms with E-state index in [0.29, 0.717) is 0 Å². The maximum atomic E-state index is 3.85. The van der Waals surface area contributed by atoms with Crippen molar-refractivity contribution in [3.63, 3.8) is 0 Å². The van der Waals surface area contributed by atoms with Gasteiger partial charge < -0.3 is 10.2 Å². The molecule has 0 spiro atoms. The fourth-order valence-electron chi connectivity index (χ4n) is 6.39. The van der Waals surface area contributed by atoms with Crippen LogP contribution in [0.15, 0.2) is 0 Å². The van der Waals surface area contributed by atoms with E-state index in [4.69, 9.17) is 0 Å². The smallest absolute Gasteiger partial charge is 0.0200 e. The molecule has 1 atom stereocenters. The van der Waals surface area contributed by atoms with Gasteiger partial charge in [0.25, 0.3) is 0 Å². The van der Waals surface area contributed by atoms with Gasteiger partial charge in [0.1, 0.15) is 0 Å². The van der Waals surface area contributed by atoms with Crippen LogP contribution >= 0.6 is 0 Å². The third-order valence-corrected chi connectivity index (χ3v) is 6.53. The minimum atomic E-state index is 0.748. The molecule has 0 radical (unpaired) electrons. The van der Waals surface area contributed by atoms with E-state index in [1.165, 1.54) is 32.5 Å². The molecule has 2 nitrogen and oxygen atoms in total. The molecule has 108 valence electrons. The fourth-order valence-corrected chi connectivity index (χ4v) is 6.39. The summed E-state index contributed by atoms with van der Waals surface area (Å²) in [6.07, 6.45) is 12.3. The topological polar surface area (TPSA) is 15.3 Å². The maximum absolute atomic E-state index is 3.85. The summed E-state index contributed by atoms with van der Waals surface area (Å²) >= 11 is 0. The second kappa shape index (κ2) is 4.73. The van der Waals surface area contributed by atoms with Crippen LogP contribution in [0.25, 0.3) is 0 Å². The van der Waals surface area contributed by atoms with Crippen molar-refractivity contribution in [3.05, 3.63) is 0 Å². The Bertz CT molecular complexity index is 303. The number of hydrogen-bond donors (Lipinski definition) is 1. The van der Waals surface area contributed by atoms with Gasteiger partial charge in [0.2, 0.25) is 0 Å². The van der Waals surface area contributed by atoms with Crippen molar-refractivity contribution in [2.24, 2.45) is 23.2 Å². The second-order valence-electron chi connectivity index (χ2n) is 8.39. The predicted molar refractivity (Wildman–Crippen MR) is 79.1 cm³/mol. The van der Waals surface area contributed by atoms with Gasteiger partial charge in [-0.1, -0.05) is 0 Å². The van der Waals surface area contributed by atoms with E-state index in [2.05, 4.69) is 17.3 Å². The molecule has 0 aromatic carbocycles. The van der Waals surface area contributed by atoms with Crippen molar-refractivity contribution < 1.29 is 0 Å². The molecule has 1 aliphatic heterocycles. The highest BCUT2D eigenvalue weighted by Crippen LogP contribution is 2.61. The van der Waals surface area contributed by atoms with Gasteiger partial charge >= 0.3 is 0 Å². The summed E-state index contributed by atoms with van der Waals surface area (Å²) in [4.78, 5) is 2.55. The number of nitrogens with zero attached hydrogens (tertiary/aromatic N) is 1. The molecule has 4 bridgehead atoms. The van der Waals surface area contributed by atoms with E-state index in [9.17, 15) is 0 Å². The van der Waals surface area contributed by atoms with Crippen LogP contribution in [-0.2, 0) is 0 Å². The molecule has 5 aliphatic rings. The first-order valence-electron chi connectivity index (χ1n) is 8.63. The van der Waals surface area contributed by atoms with Crippen LogP contribution in [0.1, 0.15) is 51.4 Å². The van der Waals surface area contributed by atoms with Crippen LogP contribution in [-0.4, -0.2) is 37.6 Å². The molecular formula is C17H30N2. The van der Waals surface area contributed by atoms with E-state index in [1.54, 1.807) is 38.5 Å². The first-order chi connectivity index (χ1) is 9.21. The molecular weight excluding hydrogens is 232 g/mol. The summed E-state index contributed by atoms with van der Waals surface area (Å²) in [5.74, 6) is 3.32. The Kier molecular flexibility index (Phi) is 3.15. The summed E-state index contributed by atoms with van der Waals surface area (Å²) in [5.41, 5.74) is 0.748. The molecule has 0 aromatic rings. The first kappa shape index (κ1) is 12.6. The van der Waals surface area contributed by atoms with Crippen LogP contribution in [0.3, 0.4) is 0 Å². The molecule has 5 fully saturated rings. The SMILES string of the molecule is CN1CCCNC(CC23CC4CC(CC(C4)C2)C3)C1. The number of likely N-dealkylation sites (N-methyl/N-ethyl adjacent to an activating group) is 1. The van der Waals surface area contributed by atoms with E-state index in [0.717, 1.165) is 29.2 Å². The highest BCUT2D eigenvalue weighted by molar-refractivity contribution is 5.03. The lowest BCUT2D eigenvalue weighted by atomic mass is 9.48. The first-order valence-corrected chi connectivity index (χ1v) is 8.63. The Hall–Kier alpha value is -0.0800. The van der Waals surface area contributed by atoms with Crippen molar-refractivity contribution in [2.75, 3.05) is 26.7 Å². The zero-order valence-corrected chi connectivity index (χ0v) is 12.5. The van der Waals surface area contributed by atoms with Crippen LogP contribution in [0.4, 0.5) is 0 Å².